The second kappa shape index (κ2) is 28.7. The number of carbonyl (C=O) groups is 12. The summed E-state index contributed by atoms with van der Waals surface area (Å²) in [6.07, 6.45) is -9.15. The minimum absolute atomic E-state index is 0.406. The van der Waals surface area contributed by atoms with E-state index >= 15 is 0 Å². The van der Waals surface area contributed by atoms with Crippen LogP contribution in [0.4, 0.5) is 0 Å². The highest BCUT2D eigenvalue weighted by atomic mass is 16.4. The molecule has 0 fully saturated rings. The highest BCUT2D eigenvalue weighted by Gasteiger charge is 2.43. The Bertz CT molecular complexity index is 1270. The van der Waals surface area contributed by atoms with Gasteiger partial charge in [0.25, 0.3) is 0 Å². The molecule has 32 nitrogen and oxygen atoms in total. The lowest BCUT2D eigenvalue weighted by Gasteiger charge is -2.23. The maximum Gasteiger partial charge on any atom is 0.336 e. The van der Waals surface area contributed by atoms with Crippen molar-refractivity contribution in [1.82, 2.24) is 0 Å². The number of hydrogen-bond acceptors (Lipinski definition) is 20. The zero-order valence-corrected chi connectivity index (χ0v) is 30.8. The Morgan fingerprint density at radius 1 is 0.246 bits per heavy atom. The highest BCUT2D eigenvalue weighted by Crippen LogP contribution is 2.18. The number of aliphatic hydroxyl groups is 8. The van der Waals surface area contributed by atoms with Crippen LogP contribution < -0.4 is 0 Å². The van der Waals surface area contributed by atoms with Gasteiger partial charge in [-0.25, -0.2) is 19.2 Å². The van der Waals surface area contributed by atoms with Crippen LogP contribution in [-0.4, -0.2) is 223 Å². The third kappa shape index (κ3) is 29.2. The average molecular weight is 905 g/mol. The molecule has 352 valence electrons. The van der Waals surface area contributed by atoms with Gasteiger partial charge in [0.15, 0.2) is 22.4 Å². The molecule has 0 bridgehead atoms. The Morgan fingerprint density at radius 2 is 0.344 bits per heavy atom. The van der Waals surface area contributed by atoms with Crippen LogP contribution in [0.15, 0.2) is 0 Å². The van der Waals surface area contributed by atoms with Gasteiger partial charge < -0.3 is 102 Å². The summed E-state index contributed by atoms with van der Waals surface area (Å²) in [6, 6.07) is 0. The summed E-state index contributed by atoms with van der Waals surface area (Å²) in [5.74, 6) is -20.1. The van der Waals surface area contributed by atoms with E-state index in [-0.39, 0.29) is 0 Å². The Hall–Kier alpha value is -6.68. The zero-order chi connectivity index (χ0) is 49.9. The van der Waals surface area contributed by atoms with Crippen molar-refractivity contribution in [2.24, 2.45) is 5.41 Å². The van der Waals surface area contributed by atoms with Crippen LogP contribution in [0.3, 0.4) is 0 Å². The normalized spacial score (nSPS) is 11.0. The Morgan fingerprint density at radius 3 is 0.377 bits per heavy atom. The molecule has 0 heterocycles. The standard InChI is InChI=1S/4C6H8O7.C5H12O4/c4*7-3(8)1-6(13,5(11)12)2-4(9)10;6-1-5(2-7,3-8)4-9/h4*13H,1-2H2,(H,7,8)(H,9,10)(H,11,12);6-9H,1-4H2. The van der Waals surface area contributed by atoms with Crippen molar-refractivity contribution in [3.05, 3.63) is 0 Å². The van der Waals surface area contributed by atoms with Crippen LogP contribution in [0.1, 0.15) is 51.4 Å². The number of aliphatic hydroxyl groups excluding tert-OH is 4. The topological polar surface area (TPSA) is 609 Å². The number of hydrogen-bond donors (Lipinski definition) is 20. The molecule has 0 saturated heterocycles. The lowest BCUT2D eigenvalue weighted by atomic mass is 9.93. The maximum absolute atomic E-state index is 10.3. The quantitative estimate of drug-likeness (QED) is 0.0428. The third-order valence-electron chi connectivity index (χ3n) is 6.48. The Labute approximate surface area is 337 Å². The van der Waals surface area contributed by atoms with E-state index in [2.05, 4.69) is 0 Å². The van der Waals surface area contributed by atoms with Gasteiger partial charge in [0.05, 0.1) is 83.2 Å². The summed E-state index contributed by atoms with van der Waals surface area (Å²) >= 11 is 0. The van der Waals surface area contributed by atoms with E-state index in [1.807, 2.05) is 0 Å². The van der Waals surface area contributed by atoms with Gasteiger partial charge in [0, 0.05) is 0 Å². The van der Waals surface area contributed by atoms with E-state index in [1.54, 1.807) is 0 Å². The Balaban J connectivity index is -0.000000215. The SMILES string of the molecule is O=C(O)CC(O)(CC(=O)O)C(=O)O.O=C(O)CC(O)(CC(=O)O)C(=O)O.O=C(O)CC(O)(CC(=O)O)C(=O)O.O=C(O)CC(O)(CC(=O)O)C(=O)O.OCC(CO)(CO)CO. The number of carboxylic acid groups (broad SMARTS) is 12. The minimum atomic E-state index is -2.74. The summed E-state index contributed by atoms with van der Waals surface area (Å²) in [5.41, 5.74) is -12.1. The molecule has 0 rings (SSSR count). The van der Waals surface area contributed by atoms with Crippen molar-refractivity contribution < 1.29 is 160 Å². The molecule has 32 heteroatoms. The van der Waals surface area contributed by atoms with E-state index in [4.69, 9.17) is 102 Å². The molecule has 0 aliphatic rings. The van der Waals surface area contributed by atoms with Gasteiger partial charge in [0.2, 0.25) is 0 Å². The van der Waals surface area contributed by atoms with Crippen LogP contribution in [0.2, 0.25) is 0 Å². The average Bonchev–Trinajstić information content (AvgIpc) is 3.04. The first-order valence-electron chi connectivity index (χ1n) is 15.4. The van der Waals surface area contributed by atoms with Gasteiger partial charge in [-0.3, -0.25) is 38.4 Å². The van der Waals surface area contributed by atoms with Crippen molar-refractivity contribution >= 4 is 71.6 Å². The summed E-state index contributed by atoms with van der Waals surface area (Å²) < 4.78 is 0. The van der Waals surface area contributed by atoms with Crippen molar-refractivity contribution in [3.63, 3.8) is 0 Å². The molecule has 0 aliphatic heterocycles. The minimum Gasteiger partial charge on any atom is -0.481 e. The zero-order valence-electron chi connectivity index (χ0n) is 30.8. The van der Waals surface area contributed by atoms with E-state index in [9.17, 15) is 57.5 Å². The summed E-state index contributed by atoms with van der Waals surface area (Å²) in [6.45, 7) is -1.62. The largest absolute Gasteiger partial charge is 0.481 e. The van der Waals surface area contributed by atoms with Crippen molar-refractivity contribution in [2.75, 3.05) is 26.4 Å². The highest BCUT2D eigenvalue weighted by molar-refractivity contribution is 5.90. The Kier molecular flexibility index (Phi) is 29.9. The smallest absolute Gasteiger partial charge is 0.336 e. The van der Waals surface area contributed by atoms with Crippen LogP contribution in [-0.2, 0) is 57.5 Å². The monoisotopic (exact) mass is 904 g/mol. The molecule has 0 saturated carbocycles. The van der Waals surface area contributed by atoms with Crippen molar-refractivity contribution in [1.29, 1.82) is 0 Å². The lowest BCUT2D eigenvalue weighted by Crippen LogP contribution is -2.42. The van der Waals surface area contributed by atoms with Crippen LogP contribution >= 0.6 is 0 Å². The molecule has 0 unspecified atom stereocenters. The fourth-order valence-corrected chi connectivity index (χ4v) is 3.16. The van der Waals surface area contributed by atoms with Crippen molar-refractivity contribution in [3.8, 4) is 0 Å². The van der Waals surface area contributed by atoms with Crippen LogP contribution in [0.25, 0.3) is 0 Å². The second-order valence-electron chi connectivity index (χ2n) is 12.0. The number of aliphatic carboxylic acids is 12. The molecule has 0 aromatic carbocycles. The fourth-order valence-electron chi connectivity index (χ4n) is 3.16. The molecular weight excluding hydrogens is 860 g/mol. The molecule has 0 aromatic heterocycles. The molecule has 0 aliphatic carbocycles. The van der Waals surface area contributed by atoms with Gasteiger partial charge in [-0.2, -0.15) is 0 Å². The first-order valence-corrected chi connectivity index (χ1v) is 15.4. The molecule has 0 aromatic rings. The summed E-state index contributed by atoms with van der Waals surface area (Å²) in [5, 5.41) is 169. The van der Waals surface area contributed by atoms with Crippen LogP contribution in [0, 0.1) is 5.41 Å². The molecule has 0 spiro atoms. The maximum atomic E-state index is 10.3. The fraction of sp³-hybridized carbons (Fsp3) is 0.586. The first-order chi connectivity index (χ1) is 27.3. The van der Waals surface area contributed by atoms with E-state index in [1.165, 1.54) is 0 Å². The van der Waals surface area contributed by atoms with Gasteiger partial charge >= 0.3 is 71.6 Å². The predicted octanol–water partition coefficient (Wildman–Crippen LogP) is -7.05. The number of rotatable bonds is 24. The van der Waals surface area contributed by atoms with Gasteiger partial charge in [-0.1, -0.05) is 0 Å². The molecule has 61 heavy (non-hydrogen) atoms. The second-order valence-corrected chi connectivity index (χ2v) is 12.0. The van der Waals surface area contributed by atoms with Gasteiger partial charge in [-0.05, 0) is 0 Å². The lowest BCUT2D eigenvalue weighted by molar-refractivity contribution is -0.170. The molecule has 0 amide bonds. The molecule has 0 atom stereocenters. The van der Waals surface area contributed by atoms with Crippen molar-refractivity contribution in [2.45, 2.75) is 73.8 Å². The molecule has 0 radical (unpaired) electrons. The molecule has 20 N–H and O–H groups in total. The molecular formula is C29H44O32. The van der Waals surface area contributed by atoms with Gasteiger partial charge in [0.1, 0.15) is 0 Å². The number of carboxylic acids is 12. The van der Waals surface area contributed by atoms with E-state index in [0.717, 1.165) is 0 Å². The summed E-state index contributed by atoms with van der Waals surface area (Å²) in [4.78, 5) is 122. The summed E-state index contributed by atoms with van der Waals surface area (Å²) in [7, 11) is 0. The van der Waals surface area contributed by atoms with Crippen LogP contribution in [0.5, 0.6) is 0 Å². The third-order valence-corrected chi connectivity index (χ3v) is 6.48. The predicted molar refractivity (Wildman–Crippen MR) is 179 cm³/mol. The first kappa shape index (κ1) is 63.5. The van der Waals surface area contributed by atoms with E-state index in [0.29, 0.717) is 0 Å². The van der Waals surface area contributed by atoms with Gasteiger partial charge in [-0.15, -0.1) is 0 Å². The van der Waals surface area contributed by atoms with E-state index < -0.39 is 177 Å².